The Labute approximate surface area is 93.9 Å². The fourth-order valence-corrected chi connectivity index (χ4v) is 2.17. The van der Waals surface area contributed by atoms with E-state index in [2.05, 4.69) is 9.97 Å². The molecule has 15 heavy (non-hydrogen) atoms. The van der Waals surface area contributed by atoms with Gasteiger partial charge in [-0.15, -0.1) is 0 Å². The van der Waals surface area contributed by atoms with Crippen molar-refractivity contribution < 1.29 is 5.11 Å². The standard InChI is InChI=1S/C10H14ClN3O/c1-7-5-9(11)13-10(12-7)14-4-2-3-8(14)6-15/h5,8,15H,2-4,6H2,1H3/t8-/m0/s1. The van der Waals surface area contributed by atoms with Crippen LogP contribution >= 0.6 is 11.6 Å². The highest BCUT2D eigenvalue weighted by atomic mass is 35.5. The van der Waals surface area contributed by atoms with E-state index in [-0.39, 0.29) is 12.6 Å². The van der Waals surface area contributed by atoms with E-state index in [0.29, 0.717) is 11.1 Å². The maximum Gasteiger partial charge on any atom is 0.227 e. The Morgan fingerprint density at radius 1 is 1.60 bits per heavy atom. The Morgan fingerprint density at radius 3 is 3.07 bits per heavy atom. The molecular formula is C10H14ClN3O. The van der Waals surface area contributed by atoms with Crippen LogP contribution < -0.4 is 4.90 Å². The summed E-state index contributed by atoms with van der Waals surface area (Å²) < 4.78 is 0. The molecule has 0 saturated carbocycles. The number of aliphatic hydroxyl groups is 1. The number of anilines is 1. The number of aromatic nitrogens is 2. The summed E-state index contributed by atoms with van der Waals surface area (Å²) in [5, 5.41) is 9.67. The number of rotatable bonds is 2. The van der Waals surface area contributed by atoms with Crippen LogP contribution in [0.3, 0.4) is 0 Å². The van der Waals surface area contributed by atoms with E-state index in [9.17, 15) is 5.11 Å². The Hall–Kier alpha value is -0.870. The molecule has 1 aliphatic heterocycles. The van der Waals surface area contributed by atoms with Crippen LogP contribution in [0.5, 0.6) is 0 Å². The average Bonchev–Trinajstić information content (AvgIpc) is 2.63. The van der Waals surface area contributed by atoms with Crippen molar-refractivity contribution in [2.75, 3.05) is 18.1 Å². The lowest BCUT2D eigenvalue weighted by Crippen LogP contribution is -2.33. The first-order valence-electron chi connectivity index (χ1n) is 5.09. The first-order valence-corrected chi connectivity index (χ1v) is 5.47. The third-order valence-corrected chi connectivity index (χ3v) is 2.85. The van der Waals surface area contributed by atoms with Gasteiger partial charge in [0.1, 0.15) is 5.15 Å². The summed E-state index contributed by atoms with van der Waals surface area (Å²) in [6.07, 6.45) is 2.06. The first kappa shape index (κ1) is 10.6. The molecule has 0 spiro atoms. The zero-order valence-corrected chi connectivity index (χ0v) is 9.41. The normalized spacial score (nSPS) is 21.0. The Bertz CT molecular complexity index is 338. The Kier molecular flexibility index (Phi) is 3.07. The van der Waals surface area contributed by atoms with Crippen molar-refractivity contribution in [1.82, 2.24) is 9.97 Å². The van der Waals surface area contributed by atoms with Gasteiger partial charge in [-0.05, 0) is 25.8 Å². The third kappa shape index (κ3) is 2.21. The topological polar surface area (TPSA) is 49.2 Å². The first-order chi connectivity index (χ1) is 7.20. The van der Waals surface area contributed by atoms with Crippen LogP contribution in [-0.2, 0) is 0 Å². The summed E-state index contributed by atoms with van der Waals surface area (Å²) in [5.41, 5.74) is 0.855. The quantitative estimate of drug-likeness (QED) is 0.776. The molecule has 1 aromatic heterocycles. The minimum absolute atomic E-state index is 0.142. The smallest absolute Gasteiger partial charge is 0.227 e. The molecule has 1 N–H and O–H groups in total. The van der Waals surface area contributed by atoms with E-state index in [1.165, 1.54) is 0 Å². The van der Waals surface area contributed by atoms with Gasteiger partial charge >= 0.3 is 0 Å². The highest BCUT2D eigenvalue weighted by molar-refractivity contribution is 6.29. The van der Waals surface area contributed by atoms with Crippen molar-refractivity contribution in [2.45, 2.75) is 25.8 Å². The maximum atomic E-state index is 9.21. The van der Waals surface area contributed by atoms with Gasteiger partial charge in [-0.3, -0.25) is 0 Å². The molecule has 1 fully saturated rings. The summed E-state index contributed by atoms with van der Waals surface area (Å²) in [4.78, 5) is 10.5. The maximum absolute atomic E-state index is 9.21. The van der Waals surface area contributed by atoms with Gasteiger partial charge in [0.15, 0.2) is 0 Å². The summed E-state index contributed by atoms with van der Waals surface area (Å²) in [6, 6.07) is 1.87. The molecule has 0 aliphatic carbocycles. The van der Waals surface area contributed by atoms with Crippen LogP contribution in [0.2, 0.25) is 5.15 Å². The van der Waals surface area contributed by atoms with E-state index in [1.54, 1.807) is 6.07 Å². The van der Waals surface area contributed by atoms with Gasteiger partial charge in [-0.2, -0.15) is 0 Å². The van der Waals surface area contributed by atoms with Crippen molar-refractivity contribution in [3.63, 3.8) is 0 Å². The Balaban J connectivity index is 2.28. The van der Waals surface area contributed by atoms with Crippen molar-refractivity contribution in [3.8, 4) is 0 Å². The van der Waals surface area contributed by atoms with Crippen LogP contribution in [0.15, 0.2) is 6.07 Å². The van der Waals surface area contributed by atoms with Gasteiger partial charge < -0.3 is 10.0 Å². The molecule has 1 aromatic rings. The zero-order chi connectivity index (χ0) is 10.8. The second-order valence-electron chi connectivity index (χ2n) is 3.80. The summed E-state index contributed by atoms with van der Waals surface area (Å²) in [5.74, 6) is 0.636. The largest absolute Gasteiger partial charge is 0.394 e. The predicted octanol–water partition coefficient (Wildman–Crippen LogP) is 1.40. The molecule has 82 valence electrons. The molecule has 0 radical (unpaired) electrons. The van der Waals surface area contributed by atoms with Gasteiger partial charge in [0.25, 0.3) is 0 Å². The lowest BCUT2D eigenvalue weighted by Gasteiger charge is -2.23. The van der Waals surface area contributed by atoms with Crippen LogP contribution in [0.4, 0.5) is 5.95 Å². The molecule has 0 amide bonds. The van der Waals surface area contributed by atoms with E-state index in [0.717, 1.165) is 25.1 Å². The van der Waals surface area contributed by atoms with Gasteiger partial charge in [-0.25, -0.2) is 9.97 Å². The second kappa shape index (κ2) is 4.33. The Morgan fingerprint density at radius 2 is 2.40 bits per heavy atom. The fraction of sp³-hybridized carbons (Fsp3) is 0.600. The monoisotopic (exact) mass is 227 g/mol. The van der Waals surface area contributed by atoms with Crippen molar-refractivity contribution in [2.24, 2.45) is 0 Å². The third-order valence-electron chi connectivity index (χ3n) is 2.66. The summed E-state index contributed by atoms with van der Waals surface area (Å²) >= 11 is 5.88. The van der Waals surface area contributed by atoms with Crippen LogP contribution in [0.25, 0.3) is 0 Å². The minimum Gasteiger partial charge on any atom is -0.394 e. The van der Waals surface area contributed by atoms with E-state index in [4.69, 9.17) is 11.6 Å². The number of halogens is 1. The van der Waals surface area contributed by atoms with Gasteiger partial charge in [0.05, 0.1) is 12.6 Å². The molecule has 0 unspecified atom stereocenters. The molecule has 1 aliphatic rings. The number of nitrogens with zero attached hydrogens (tertiary/aromatic N) is 3. The molecule has 2 rings (SSSR count). The van der Waals surface area contributed by atoms with Crippen molar-refractivity contribution >= 4 is 17.5 Å². The lowest BCUT2D eigenvalue weighted by molar-refractivity contribution is 0.265. The molecule has 0 aromatic carbocycles. The molecule has 2 heterocycles. The lowest BCUT2D eigenvalue weighted by atomic mass is 10.2. The summed E-state index contributed by atoms with van der Waals surface area (Å²) in [7, 11) is 0. The highest BCUT2D eigenvalue weighted by Gasteiger charge is 2.26. The molecule has 5 heteroatoms. The van der Waals surface area contributed by atoms with E-state index in [1.807, 2.05) is 11.8 Å². The molecule has 4 nitrogen and oxygen atoms in total. The van der Waals surface area contributed by atoms with Gasteiger partial charge in [0, 0.05) is 12.2 Å². The molecule has 0 bridgehead atoms. The molecule has 1 saturated heterocycles. The van der Waals surface area contributed by atoms with Crippen LogP contribution in [-0.4, -0.2) is 34.3 Å². The second-order valence-corrected chi connectivity index (χ2v) is 4.19. The van der Waals surface area contributed by atoms with E-state index >= 15 is 0 Å². The fourth-order valence-electron chi connectivity index (χ4n) is 1.93. The van der Waals surface area contributed by atoms with Crippen molar-refractivity contribution in [3.05, 3.63) is 16.9 Å². The predicted molar refractivity (Wildman–Crippen MR) is 59.2 cm³/mol. The van der Waals surface area contributed by atoms with Gasteiger partial charge in [0.2, 0.25) is 5.95 Å². The number of hydrogen-bond donors (Lipinski definition) is 1. The van der Waals surface area contributed by atoms with Crippen LogP contribution in [0, 0.1) is 6.92 Å². The average molecular weight is 228 g/mol. The number of hydrogen-bond acceptors (Lipinski definition) is 4. The SMILES string of the molecule is Cc1cc(Cl)nc(N2CCC[C@H]2CO)n1. The van der Waals surface area contributed by atoms with Crippen LogP contribution in [0.1, 0.15) is 18.5 Å². The zero-order valence-electron chi connectivity index (χ0n) is 8.65. The number of aryl methyl sites for hydroxylation is 1. The summed E-state index contributed by atoms with van der Waals surface area (Å²) in [6.45, 7) is 2.93. The highest BCUT2D eigenvalue weighted by Crippen LogP contribution is 2.23. The minimum atomic E-state index is 0.142. The molecule has 1 atom stereocenters. The van der Waals surface area contributed by atoms with E-state index < -0.39 is 0 Å². The van der Waals surface area contributed by atoms with Crippen molar-refractivity contribution in [1.29, 1.82) is 0 Å². The molecular weight excluding hydrogens is 214 g/mol. The van der Waals surface area contributed by atoms with Gasteiger partial charge in [-0.1, -0.05) is 11.6 Å². The number of aliphatic hydroxyl groups excluding tert-OH is 1.